The summed E-state index contributed by atoms with van der Waals surface area (Å²) in [6, 6.07) is 21.8. The molecule has 0 fully saturated rings. The summed E-state index contributed by atoms with van der Waals surface area (Å²) in [6.45, 7) is 1.93. The van der Waals surface area contributed by atoms with E-state index in [4.69, 9.17) is 25.8 Å². The Morgan fingerprint density at radius 2 is 1.57 bits per heavy atom. The van der Waals surface area contributed by atoms with Crippen LogP contribution in [0.3, 0.4) is 0 Å². The molecule has 0 heterocycles. The van der Waals surface area contributed by atoms with E-state index in [1.165, 1.54) is 5.56 Å². The zero-order chi connectivity index (χ0) is 20.5. The van der Waals surface area contributed by atoms with E-state index < -0.39 is 0 Å². The van der Waals surface area contributed by atoms with E-state index in [1.807, 2.05) is 54.6 Å². The number of rotatable bonds is 10. The van der Waals surface area contributed by atoms with Gasteiger partial charge in [0.1, 0.15) is 12.4 Å². The first kappa shape index (κ1) is 23.9. The van der Waals surface area contributed by atoms with Crippen LogP contribution >= 0.6 is 24.0 Å². The monoisotopic (exact) mass is 447 g/mol. The minimum atomic E-state index is 0. The molecule has 6 heteroatoms. The van der Waals surface area contributed by atoms with E-state index >= 15 is 0 Å². The molecule has 0 atom stereocenters. The number of halogens is 2. The van der Waals surface area contributed by atoms with Gasteiger partial charge in [0.15, 0.2) is 11.5 Å². The van der Waals surface area contributed by atoms with Crippen molar-refractivity contribution in [3.63, 3.8) is 0 Å². The molecule has 30 heavy (non-hydrogen) atoms. The molecule has 3 rings (SSSR count). The average Bonchev–Trinajstić information content (AvgIpc) is 2.76. The van der Waals surface area contributed by atoms with Crippen molar-refractivity contribution in [2.45, 2.75) is 19.6 Å². The molecule has 0 spiro atoms. The molecule has 0 unspecified atom stereocenters. The quantitative estimate of drug-likeness (QED) is 0.405. The highest BCUT2D eigenvalue weighted by molar-refractivity contribution is 6.31. The van der Waals surface area contributed by atoms with Crippen LogP contribution in [0.1, 0.15) is 16.7 Å². The maximum Gasteiger partial charge on any atom is 0.166 e. The summed E-state index contributed by atoms with van der Waals surface area (Å²) in [5.41, 5.74) is 3.25. The van der Waals surface area contributed by atoms with E-state index in [1.54, 1.807) is 14.2 Å². The first-order valence-electron chi connectivity index (χ1n) is 9.57. The van der Waals surface area contributed by atoms with Gasteiger partial charge in [0, 0.05) is 22.7 Å². The third kappa shape index (κ3) is 6.56. The Morgan fingerprint density at radius 3 is 2.27 bits per heavy atom. The van der Waals surface area contributed by atoms with Gasteiger partial charge in [-0.1, -0.05) is 54.1 Å². The van der Waals surface area contributed by atoms with Gasteiger partial charge in [-0.05, 0) is 42.8 Å². The Hall–Kier alpha value is -2.40. The van der Waals surface area contributed by atoms with Crippen molar-refractivity contribution in [2.24, 2.45) is 0 Å². The Labute approximate surface area is 189 Å². The summed E-state index contributed by atoms with van der Waals surface area (Å²) < 4.78 is 16.8. The standard InChI is InChI=1S/C24H26ClNO3.ClH/c1-27-21-12-10-18(11-13-21)14-15-26-16-19-7-5-9-23(28-2)24(19)29-17-20-6-3-4-8-22(20)25;/h3-13,26H,14-17H2,1-2H3;1H. The second kappa shape index (κ2) is 12.3. The predicted octanol–water partition coefficient (Wildman–Crippen LogP) is 5.69. The first-order chi connectivity index (χ1) is 14.2. The Balaban J connectivity index is 0.00000320. The highest BCUT2D eigenvalue weighted by atomic mass is 35.5. The number of nitrogens with one attached hydrogen (secondary N) is 1. The number of ether oxygens (including phenoxy) is 3. The second-order valence-electron chi connectivity index (χ2n) is 6.60. The molecule has 0 bridgehead atoms. The zero-order valence-electron chi connectivity index (χ0n) is 17.2. The van der Waals surface area contributed by atoms with Crippen LogP contribution in [0, 0.1) is 0 Å². The fourth-order valence-corrected chi connectivity index (χ4v) is 3.23. The van der Waals surface area contributed by atoms with Crippen LogP contribution in [0.2, 0.25) is 5.02 Å². The van der Waals surface area contributed by atoms with Crippen LogP contribution in [0.5, 0.6) is 17.2 Å². The third-order valence-corrected chi connectivity index (χ3v) is 5.04. The molecule has 0 aromatic heterocycles. The molecular weight excluding hydrogens is 421 g/mol. The van der Waals surface area contributed by atoms with Crippen molar-refractivity contribution < 1.29 is 14.2 Å². The van der Waals surface area contributed by atoms with Gasteiger partial charge in [0.05, 0.1) is 14.2 Å². The smallest absolute Gasteiger partial charge is 0.166 e. The van der Waals surface area contributed by atoms with Crippen molar-refractivity contribution in [1.82, 2.24) is 5.32 Å². The molecule has 0 saturated heterocycles. The molecule has 3 aromatic rings. The maximum atomic E-state index is 6.25. The van der Waals surface area contributed by atoms with E-state index in [9.17, 15) is 0 Å². The zero-order valence-corrected chi connectivity index (χ0v) is 18.8. The summed E-state index contributed by atoms with van der Waals surface area (Å²) in [7, 11) is 3.33. The number of methoxy groups -OCH3 is 2. The Bertz CT molecular complexity index is 917. The van der Waals surface area contributed by atoms with Gasteiger partial charge in [-0.2, -0.15) is 0 Å². The van der Waals surface area contributed by atoms with Crippen LogP contribution in [0.15, 0.2) is 66.7 Å². The van der Waals surface area contributed by atoms with E-state index in [0.29, 0.717) is 23.9 Å². The van der Waals surface area contributed by atoms with E-state index in [-0.39, 0.29) is 12.4 Å². The van der Waals surface area contributed by atoms with Gasteiger partial charge in [-0.15, -0.1) is 12.4 Å². The predicted molar refractivity (Wildman–Crippen MR) is 124 cm³/mol. The first-order valence-corrected chi connectivity index (χ1v) is 9.94. The molecule has 0 amide bonds. The lowest BCUT2D eigenvalue weighted by molar-refractivity contribution is 0.280. The molecule has 0 aliphatic carbocycles. The third-order valence-electron chi connectivity index (χ3n) is 4.68. The Morgan fingerprint density at radius 1 is 0.833 bits per heavy atom. The van der Waals surface area contributed by atoms with Gasteiger partial charge in [0.25, 0.3) is 0 Å². The van der Waals surface area contributed by atoms with Gasteiger partial charge in [-0.3, -0.25) is 0 Å². The van der Waals surface area contributed by atoms with Crippen molar-refractivity contribution >= 4 is 24.0 Å². The fourth-order valence-electron chi connectivity index (χ4n) is 3.04. The second-order valence-corrected chi connectivity index (χ2v) is 7.01. The van der Waals surface area contributed by atoms with E-state index in [2.05, 4.69) is 17.4 Å². The highest BCUT2D eigenvalue weighted by Gasteiger charge is 2.11. The Kier molecular flexibility index (Phi) is 9.81. The topological polar surface area (TPSA) is 39.7 Å². The minimum absolute atomic E-state index is 0. The highest BCUT2D eigenvalue weighted by Crippen LogP contribution is 2.32. The summed E-state index contributed by atoms with van der Waals surface area (Å²) in [6.07, 6.45) is 0.934. The SMILES string of the molecule is COc1ccc(CCNCc2cccc(OC)c2OCc2ccccc2Cl)cc1.Cl. The lowest BCUT2D eigenvalue weighted by atomic mass is 10.1. The van der Waals surface area contributed by atoms with Crippen LogP contribution in [0.4, 0.5) is 0 Å². The number of hydrogen-bond acceptors (Lipinski definition) is 4. The fraction of sp³-hybridized carbons (Fsp3) is 0.250. The lowest BCUT2D eigenvalue weighted by Gasteiger charge is -2.16. The summed E-state index contributed by atoms with van der Waals surface area (Å²) in [5.74, 6) is 2.33. The van der Waals surface area contributed by atoms with Gasteiger partial charge in [-0.25, -0.2) is 0 Å². The van der Waals surface area contributed by atoms with Gasteiger partial charge < -0.3 is 19.5 Å². The van der Waals surface area contributed by atoms with Crippen LogP contribution in [0.25, 0.3) is 0 Å². The number of benzene rings is 3. The van der Waals surface area contributed by atoms with Crippen molar-refractivity contribution in [1.29, 1.82) is 0 Å². The molecule has 1 N–H and O–H groups in total. The number of hydrogen-bond donors (Lipinski definition) is 1. The summed E-state index contributed by atoms with van der Waals surface area (Å²) in [5, 5.41) is 4.18. The van der Waals surface area contributed by atoms with Gasteiger partial charge >= 0.3 is 0 Å². The normalized spacial score (nSPS) is 10.2. The van der Waals surface area contributed by atoms with E-state index in [0.717, 1.165) is 35.6 Å². The number of para-hydroxylation sites is 1. The van der Waals surface area contributed by atoms with Gasteiger partial charge in [0.2, 0.25) is 0 Å². The lowest BCUT2D eigenvalue weighted by Crippen LogP contribution is -2.17. The summed E-state index contributed by atoms with van der Waals surface area (Å²) in [4.78, 5) is 0. The van der Waals surface area contributed by atoms with Crippen LogP contribution in [-0.4, -0.2) is 20.8 Å². The molecule has 0 aliphatic rings. The maximum absolute atomic E-state index is 6.25. The van der Waals surface area contributed by atoms with Crippen molar-refractivity contribution in [3.8, 4) is 17.2 Å². The molecule has 4 nitrogen and oxygen atoms in total. The average molecular weight is 448 g/mol. The van der Waals surface area contributed by atoms with Crippen molar-refractivity contribution in [3.05, 3.63) is 88.4 Å². The largest absolute Gasteiger partial charge is 0.497 e. The molecule has 0 saturated carbocycles. The molecule has 3 aromatic carbocycles. The molecule has 160 valence electrons. The summed E-state index contributed by atoms with van der Waals surface area (Å²) >= 11 is 6.25. The minimum Gasteiger partial charge on any atom is -0.497 e. The van der Waals surface area contributed by atoms with Crippen LogP contribution < -0.4 is 19.5 Å². The molecule has 0 radical (unpaired) electrons. The van der Waals surface area contributed by atoms with Crippen LogP contribution in [-0.2, 0) is 19.6 Å². The molecular formula is C24H27Cl2NO3. The van der Waals surface area contributed by atoms with Crippen molar-refractivity contribution in [2.75, 3.05) is 20.8 Å². The molecule has 0 aliphatic heterocycles.